The average molecular weight is 405 g/mol. The van der Waals surface area contributed by atoms with Gasteiger partial charge in [-0.2, -0.15) is 0 Å². The van der Waals surface area contributed by atoms with Crippen LogP contribution >= 0.6 is 27.3 Å². The van der Waals surface area contributed by atoms with Gasteiger partial charge < -0.3 is 4.74 Å². The van der Waals surface area contributed by atoms with Crippen molar-refractivity contribution >= 4 is 44.6 Å². The Morgan fingerprint density at radius 2 is 2.04 bits per heavy atom. The average Bonchev–Trinajstić information content (AvgIpc) is 3.01. The normalized spacial score (nSPS) is 20.6. The summed E-state index contributed by atoms with van der Waals surface area (Å²) in [5.41, 5.74) is 1.96. The van der Waals surface area contributed by atoms with E-state index >= 15 is 0 Å². The molecular weight excluding hydrogens is 388 g/mol. The van der Waals surface area contributed by atoms with E-state index < -0.39 is 11.9 Å². The van der Waals surface area contributed by atoms with Crippen LogP contribution in [0.5, 0.6) is 0 Å². The van der Waals surface area contributed by atoms with Gasteiger partial charge in [0.15, 0.2) is 5.78 Å². The molecule has 3 nitrogen and oxygen atoms in total. The molecule has 0 saturated heterocycles. The summed E-state index contributed by atoms with van der Waals surface area (Å²) in [5, 5.41) is 1.99. The zero-order valence-corrected chi connectivity index (χ0v) is 15.6. The summed E-state index contributed by atoms with van der Waals surface area (Å²) >= 11 is 5.13. The summed E-state index contributed by atoms with van der Waals surface area (Å²) in [6, 6.07) is 11.7. The molecule has 124 valence electrons. The van der Waals surface area contributed by atoms with Crippen molar-refractivity contribution in [1.82, 2.24) is 0 Å². The number of ketones is 1. The number of benzene rings is 1. The van der Waals surface area contributed by atoms with Crippen molar-refractivity contribution in [3.05, 3.63) is 62.8 Å². The number of hydrogen-bond donors (Lipinski definition) is 0. The summed E-state index contributed by atoms with van der Waals surface area (Å²) in [4.78, 5) is 26.1. The highest BCUT2D eigenvalue weighted by atomic mass is 79.9. The Bertz CT molecular complexity index is 779. The minimum atomic E-state index is -0.769. The number of allylic oxidation sites excluding steroid dienone is 2. The van der Waals surface area contributed by atoms with Gasteiger partial charge in [-0.1, -0.05) is 30.3 Å². The molecule has 0 aliphatic heterocycles. The van der Waals surface area contributed by atoms with Gasteiger partial charge in [-0.25, -0.2) is 0 Å². The first-order valence-electron chi connectivity index (χ1n) is 7.81. The monoisotopic (exact) mass is 404 g/mol. The van der Waals surface area contributed by atoms with Gasteiger partial charge >= 0.3 is 5.97 Å². The van der Waals surface area contributed by atoms with Gasteiger partial charge in [-0.05, 0) is 57.9 Å². The Labute approximate surface area is 153 Å². The minimum absolute atomic E-state index is 0.177. The molecule has 1 aromatic heterocycles. The van der Waals surface area contributed by atoms with E-state index in [2.05, 4.69) is 15.9 Å². The molecule has 1 aliphatic carbocycles. The van der Waals surface area contributed by atoms with Gasteiger partial charge in [-0.3, -0.25) is 9.59 Å². The Hall–Kier alpha value is -1.72. The van der Waals surface area contributed by atoms with E-state index in [1.54, 1.807) is 24.3 Å². The van der Waals surface area contributed by atoms with Crippen molar-refractivity contribution in [3.8, 4) is 0 Å². The standard InChI is InChI=1S/C19H17BrO3S/c1-2-23-19(22)17-14(12-6-4-3-5-7-12)10-13(11-16(17)21)18-15(20)8-9-24-18/h3-9,11,14,17H,2,10H2,1H3/t14-,17-/m1/s1. The van der Waals surface area contributed by atoms with Crippen LogP contribution in [0.4, 0.5) is 0 Å². The summed E-state index contributed by atoms with van der Waals surface area (Å²) < 4.78 is 6.14. The smallest absolute Gasteiger partial charge is 0.317 e. The lowest BCUT2D eigenvalue weighted by molar-refractivity contribution is -0.151. The molecule has 1 aromatic carbocycles. The maximum Gasteiger partial charge on any atom is 0.317 e. The van der Waals surface area contributed by atoms with Gasteiger partial charge in [0, 0.05) is 15.3 Å². The first-order valence-corrected chi connectivity index (χ1v) is 9.48. The van der Waals surface area contributed by atoms with Crippen molar-refractivity contribution in [1.29, 1.82) is 0 Å². The van der Waals surface area contributed by atoms with Gasteiger partial charge in [0.1, 0.15) is 5.92 Å². The zero-order chi connectivity index (χ0) is 17.1. The number of hydrogen-bond acceptors (Lipinski definition) is 4. The molecule has 0 fully saturated rings. The predicted octanol–water partition coefficient (Wildman–Crippen LogP) is 4.83. The highest BCUT2D eigenvalue weighted by Gasteiger charge is 2.40. The number of esters is 1. The maximum absolute atomic E-state index is 12.7. The Morgan fingerprint density at radius 1 is 1.29 bits per heavy atom. The third-order valence-corrected chi connectivity index (χ3v) is 6.06. The van der Waals surface area contributed by atoms with E-state index in [9.17, 15) is 9.59 Å². The lowest BCUT2D eigenvalue weighted by atomic mass is 9.74. The van der Waals surface area contributed by atoms with Crippen LogP contribution in [0, 0.1) is 5.92 Å². The Morgan fingerprint density at radius 3 is 2.67 bits per heavy atom. The molecule has 0 saturated carbocycles. The molecular formula is C19H17BrO3S. The zero-order valence-electron chi connectivity index (χ0n) is 13.2. The fourth-order valence-corrected chi connectivity index (χ4v) is 4.73. The van der Waals surface area contributed by atoms with E-state index in [-0.39, 0.29) is 18.3 Å². The molecule has 3 rings (SSSR count). The van der Waals surface area contributed by atoms with Crippen molar-refractivity contribution in [2.24, 2.45) is 5.92 Å². The molecule has 5 heteroatoms. The maximum atomic E-state index is 12.7. The van der Waals surface area contributed by atoms with E-state index in [1.165, 1.54) is 0 Å². The van der Waals surface area contributed by atoms with Gasteiger partial charge in [-0.15, -0.1) is 11.3 Å². The summed E-state index contributed by atoms with van der Waals surface area (Å²) in [6.07, 6.45) is 2.25. The van der Waals surface area contributed by atoms with Crippen molar-refractivity contribution in [3.63, 3.8) is 0 Å². The number of thiophene rings is 1. The third-order valence-electron chi connectivity index (χ3n) is 4.14. The molecule has 1 aliphatic rings. The molecule has 2 aromatic rings. The highest BCUT2D eigenvalue weighted by molar-refractivity contribution is 9.10. The molecule has 0 N–H and O–H groups in total. The van der Waals surface area contributed by atoms with Crippen molar-refractivity contribution in [2.75, 3.05) is 6.61 Å². The molecule has 0 spiro atoms. The summed E-state index contributed by atoms with van der Waals surface area (Å²) in [6.45, 7) is 2.03. The van der Waals surface area contributed by atoms with Crippen LogP contribution in [0.25, 0.3) is 5.57 Å². The first kappa shape index (κ1) is 17.1. The molecule has 24 heavy (non-hydrogen) atoms. The third kappa shape index (κ3) is 3.37. The lowest BCUT2D eigenvalue weighted by Crippen LogP contribution is -2.33. The van der Waals surface area contributed by atoms with Crippen molar-refractivity contribution < 1.29 is 14.3 Å². The lowest BCUT2D eigenvalue weighted by Gasteiger charge is -2.29. The number of halogens is 1. The SMILES string of the molecule is CCOC(=O)[C@H]1C(=O)C=C(c2sccc2Br)C[C@@H]1c1ccccc1. The fraction of sp³-hybridized carbons (Fsp3) is 0.263. The first-order chi connectivity index (χ1) is 11.6. The predicted molar refractivity (Wildman–Crippen MR) is 98.9 cm³/mol. The van der Waals surface area contributed by atoms with Crippen LogP contribution in [0.15, 0.2) is 52.3 Å². The topological polar surface area (TPSA) is 43.4 Å². The van der Waals surface area contributed by atoms with Crippen LogP contribution in [-0.2, 0) is 14.3 Å². The Kier molecular flexibility index (Phi) is 5.31. The second-order valence-electron chi connectivity index (χ2n) is 5.62. The number of rotatable bonds is 4. The molecule has 1 heterocycles. The largest absolute Gasteiger partial charge is 0.465 e. The van der Waals surface area contributed by atoms with E-state index in [1.807, 2.05) is 41.8 Å². The van der Waals surface area contributed by atoms with E-state index in [0.717, 1.165) is 20.5 Å². The number of ether oxygens (including phenoxy) is 1. The second kappa shape index (κ2) is 7.45. The van der Waals surface area contributed by atoms with Gasteiger partial charge in [0.25, 0.3) is 0 Å². The highest BCUT2D eigenvalue weighted by Crippen LogP contribution is 2.43. The molecule has 0 bridgehead atoms. The van der Waals surface area contributed by atoms with Crippen LogP contribution in [0.1, 0.15) is 29.7 Å². The van der Waals surface area contributed by atoms with E-state index in [0.29, 0.717) is 6.42 Å². The minimum Gasteiger partial charge on any atom is -0.465 e. The summed E-state index contributed by atoms with van der Waals surface area (Å²) in [7, 11) is 0. The molecule has 0 amide bonds. The summed E-state index contributed by atoms with van der Waals surface area (Å²) in [5.74, 6) is -1.58. The molecule has 0 radical (unpaired) electrons. The van der Waals surface area contributed by atoms with Crippen LogP contribution in [-0.4, -0.2) is 18.4 Å². The van der Waals surface area contributed by atoms with Gasteiger partial charge in [0.2, 0.25) is 0 Å². The van der Waals surface area contributed by atoms with Crippen molar-refractivity contribution in [2.45, 2.75) is 19.3 Å². The fourth-order valence-electron chi connectivity index (χ4n) is 3.08. The van der Waals surface area contributed by atoms with Crippen LogP contribution < -0.4 is 0 Å². The number of carbonyl (C=O) groups excluding carboxylic acids is 2. The van der Waals surface area contributed by atoms with Crippen LogP contribution in [0.2, 0.25) is 0 Å². The molecule has 2 atom stereocenters. The van der Waals surface area contributed by atoms with Gasteiger partial charge in [0.05, 0.1) is 6.61 Å². The quantitative estimate of drug-likeness (QED) is 0.541. The molecule has 0 unspecified atom stereocenters. The number of carbonyl (C=O) groups is 2. The Balaban J connectivity index is 2.02. The second-order valence-corrected chi connectivity index (χ2v) is 7.39. The van der Waals surface area contributed by atoms with Crippen LogP contribution in [0.3, 0.4) is 0 Å². The van der Waals surface area contributed by atoms with E-state index in [4.69, 9.17) is 4.74 Å².